The van der Waals surface area contributed by atoms with E-state index in [0.717, 1.165) is 55.1 Å². The third kappa shape index (κ3) is 8.26. The summed E-state index contributed by atoms with van der Waals surface area (Å²) in [7, 11) is 5.14. The van der Waals surface area contributed by atoms with Gasteiger partial charge in [-0.15, -0.1) is 24.0 Å². The zero-order valence-electron chi connectivity index (χ0n) is 20.1. The highest BCUT2D eigenvalue weighted by atomic mass is 127. The van der Waals surface area contributed by atoms with Crippen molar-refractivity contribution in [3.8, 4) is 17.2 Å². The van der Waals surface area contributed by atoms with E-state index in [0.29, 0.717) is 12.5 Å². The summed E-state index contributed by atoms with van der Waals surface area (Å²) < 4.78 is 16.3. The first-order chi connectivity index (χ1) is 15.6. The predicted octanol–water partition coefficient (Wildman–Crippen LogP) is 4.62. The fourth-order valence-electron chi connectivity index (χ4n) is 3.92. The molecule has 1 heterocycles. The van der Waals surface area contributed by atoms with Crippen molar-refractivity contribution in [1.82, 2.24) is 10.2 Å². The second kappa shape index (κ2) is 14.1. The van der Waals surface area contributed by atoms with Crippen LogP contribution in [0.2, 0.25) is 0 Å². The number of piperidine rings is 1. The second-order valence-electron chi connectivity index (χ2n) is 7.94. The molecule has 2 aromatic rings. The number of aliphatic imine (C=N–C) groups is 1. The zero-order valence-corrected chi connectivity index (χ0v) is 22.4. The number of hydrogen-bond donors (Lipinski definition) is 2. The number of methoxy groups -OCH3 is 2. The van der Waals surface area contributed by atoms with Crippen LogP contribution in [0, 0.1) is 5.92 Å². The second-order valence-corrected chi connectivity index (χ2v) is 7.94. The van der Waals surface area contributed by atoms with Gasteiger partial charge < -0.3 is 24.8 Å². The summed E-state index contributed by atoms with van der Waals surface area (Å²) >= 11 is 0. The Bertz CT molecular complexity index is 868. The number of likely N-dealkylation sites (tertiary alicyclic amines) is 1. The molecule has 0 bridgehead atoms. The summed E-state index contributed by atoms with van der Waals surface area (Å²) in [6, 6.07) is 14.2. The van der Waals surface area contributed by atoms with Crippen molar-refractivity contribution in [3.63, 3.8) is 0 Å². The van der Waals surface area contributed by atoms with Gasteiger partial charge in [-0.05, 0) is 68.6 Å². The van der Waals surface area contributed by atoms with Crippen LogP contribution in [0.5, 0.6) is 17.2 Å². The number of nitrogens with one attached hydrogen (secondary N) is 2. The zero-order chi connectivity index (χ0) is 22.8. The minimum absolute atomic E-state index is 0. The maximum Gasteiger partial charge on any atom is 0.195 e. The van der Waals surface area contributed by atoms with E-state index in [1.54, 1.807) is 21.3 Å². The van der Waals surface area contributed by atoms with Crippen LogP contribution in [0.15, 0.2) is 47.5 Å². The van der Waals surface area contributed by atoms with Crippen LogP contribution in [0.3, 0.4) is 0 Å². The molecular weight excluding hydrogens is 531 g/mol. The highest BCUT2D eigenvalue weighted by Gasteiger charge is 2.19. The van der Waals surface area contributed by atoms with Gasteiger partial charge in [-0.1, -0.05) is 12.1 Å². The molecule has 1 aliphatic rings. The van der Waals surface area contributed by atoms with Gasteiger partial charge in [-0.2, -0.15) is 0 Å². The lowest BCUT2D eigenvalue weighted by Gasteiger charge is -2.32. The minimum atomic E-state index is 0. The van der Waals surface area contributed by atoms with E-state index in [9.17, 15) is 0 Å². The number of nitrogens with zero attached hydrogens (tertiary/aromatic N) is 2. The first-order valence-electron chi connectivity index (χ1n) is 11.3. The monoisotopic (exact) mass is 568 g/mol. The van der Waals surface area contributed by atoms with E-state index in [-0.39, 0.29) is 24.0 Å². The molecule has 0 unspecified atom stereocenters. The Balaban J connectivity index is 0.00000385. The summed E-state index contributed by atoms with van der Waals surface area (Å²) in [6.07, 6.45) is 2.36. The third-order valence-electron chi connectivity index (χ3n) is 5.78. The molecule has 0 saturated carbocycles. The molecular formula is C25H37IN4O3. The Morgan fingerprint density at radius 3 is 2.36 bits per heavy atom. The lowest BCUT2D eigenvalue weighted by atomic mass is 9.96. The Morgan fingerprint density at radius 1 is 1.03 bits per heavy atom. The Kier molecular flexibility index (Phi) is 11.6. The Hall–Kier alpha value is -2.20. The third-order valence-corrected chi connectivity index (χ3v) is 5.78. The van der Waals surface area contributed by atoms with Gasteiger partial charge >= 0.3 is 0 Å². The van der Waals surface area contributed by atoms with Gasteiger partial charge in [0.05, 0.1) is 20.8 Å². The lowest BCUT2D eigenvalue weighted by molar-refractivity contribution is 0.178. The summed E-state index contributed by atoms with van der Waals surface area (Å²) in [4.78, 5) is 6.90. The van der Waals surface area contributed by atoms with Gasteiger partial charge in [-0.3, -0.25) is 9.89 Å². The van der Waals surface area contributed by atoms with Crippen LogP contribution < -0.4 is 24.8 Å². The number of halogens is 1. The molecule has 0 spiro atoms. The highest BCUT2D eigenvalue weighted by molar-refractivity contribution is 14.0. The molecule has 3 rings (SSSR count). The topological polar surface area (TPSA) is 67.4 Å². The fraction of sp³-hybridized carbons (Fsp3) is 0.480. The molecule has 1 saturated heterocycles. The van der Waals surface area contributed by atoms with Gasteiger partial charge in [0.15, 0.2) is 17.5 Å². The maximum absolute atomic E-state index is 5.67. The van der Waals surface area contributed by atoms with E-state index < -0.39 is 0 Å². The maximum atomic E-state index is 5.67. The summed E-state index contributed by atoms with van der Waals surface area (Å²) in [5, 5.41) is 6.83. The molecule has 0 amide bonds. The van der Waals surface area contributed by atoms with E-state index in [1.165, 1.54) is 18.4 Å². The molecule has 1 fully saturated rings. The van der Waals surface area contributed by atoms with E-state index >= 15 is 0 Å². The normalized spacial score (nSPS) is 14.8. The van der Waals surface area contributed by atoms with Crippen LogP contribution in [-0.4, -0.2) is 58.4 Å². The fourth-order valence-corrected chi connectivity index (χ4v) is 3.92. The van der Waals surface area contributed by atoms with Crippen molar-refractivity contribution in [2.75, 3.05) is 52.8 Å². The van der Waals surface area contributed by atoms with Crippen LogP contribution in [0.4, 0.5) is 5.69 Å². The SMILES string of the molecule is CCOc1cc(NC(=NC)NCC2CCN(Cc3ccc(OC)cc3)CC2)ccc1OC.I. The summed E-state index contributed by atoms with van der Waals surface area (Å²) in [5.74, 6) is 3.75. The molecule has 1 aliphatic heterocycles. The van der Waals surface area contributed by atoms with Crippen LogP contribution in [0.25, 0.3) is 0 Å². The Morgan fingerprint density at radius 2 is 1.76 bits per heavy atom. The van der Waals surface area contributed by atoms with Crippen LogP contribution in [-0.2, 0) is 6.54 Å². The standard InChI is InChI=1S/C25H36N4O3.HI/c1-5-32-24-16-21(8-11-23(24)31-4)28-25(26-2)27-17-19-12-14-29(15-13-19)18-20-6-9-22(30-3)10-7-20;/h6-11,16,19H,5,12-15,17-18H2,1-4H3,(H2,26,27,28);1H. The number of ether oxygens (including phenoxy) is 3. The molecule has 7 nitrogen and oxygen atoms in total. The number of guanidine groups is 1. The van der Waals surface area contributed by atoms with Crippen LogP contribution in [0.1, 0.15) is 25.3 Å². The first-order valence-corrected chi connectivity index (χ1v) is 11.3. The van der Waals surface area contributed by atoms with Crippen molar-refractivity contribution in [2.24, 2.45) is 10.9 Å². The summed E-state index contributed by atoms with van der Waals surface area (Å²) in [5.41, 5.74) is 2.24. The lowest BCUT2D eigenvalue weighted by Crippen LogP contribution is -2.40. The quantitative estimate of drug-likeness (QED) is 0.262. The average molecular weight is 569 g/mol. The molecule has 33 heavy (non-hydrogen) atoms. The molecule has 0 radical (unpaired) electrons. The van der Waals surface area contributed by atoms with Crippen molar-refractivity contribution in [3.05, 3.63) is 48.0 Å². The van der Waals surface area contributed by atoms with Gasteiger partial charge in [0, 0.05) is 31.9 Å². The molecule has 0 aliphatic carbocycles. The molecule has 182 valence electrons. The molecule has 0 atom stereocenters. The first kappa shape index (κ1) is 27.0. The van der Waals surface area contributed by atoms with Gasteiger partial charge in [0.1, 0.15) is 5.75 Å². The smallest absolute Gasteiger partial charge is 0.195 e. The van der Waals surface area contributed by atoms with E-state index in [1.807, 2.05) is 37.3 Å². The van der Waals surface area contributed by atoms with Gasteiger partial charge in [-0.25, -0.2) is 0 Å². The van der Waals surface area contributed by atoms with Gasteiger partial charge in [0.2, 0.25) is 0 Å². The summed E-state index contributed by atoms with van der Waals surface area (Å²) in [6.45, 7) is 6.67. The van der Waals surface area contributed by atoms with Crippen molar-refractivity contribution in [2.45, 2.75) is 26.3 Å². The molecule has 8 heteroatoms. The number of benzene rings is 2. The number of anilines is 1. The molecule has 2 aromatic carbocycles. The highest BCUT2D eigenvalue weighted by Crippen LogP contribution is 2.30. The van der Waals surface area contributed by atoms with E-state index in [2.05, 4.69) is 32.7 Å². The predicted molar refractivity (Wildman–Crippen MR) is 146 cm³/mol. The van der Waals surface area contributed by atoms with E-state index in [4.69, 9.17) is 14.2 Å². The average Bonchev–Trinajstić information content (AvgIpc) is 2.83. The van der Waals surface area contributed by atoms with Crippen LogP contribution >= 0.6 is 24.0 Å². The minimum Gasteiger partial charge on any atom is -0.497 e. The number of rotatable bonds is 9. The van der Waals surface area contributed by atoms with Crippen molar-refractivity contribution >= 4 is 35.6 Å². The molecule has 2 N–H and O–H groups in total. The van der Waals surface area contributed by atoms with Crippen molar-refractivity contribution in [1.29, 1.82) is 0 Å². The largest absolute Gasteiger partial charge is 0.497 e. The Labute approximate surface area is 214 Å². The van der Waals surface area contributed by atoms with Gasteiger partial charge in [0.25, 0.3) is 0 Å². The van der Waals surface area contributed by atoms with Crippen molar-refractivity contribution < 1.29 is 14.2 Å². The molecule has 0 aromatic heterocycles. The number of hydrogen-bond acceptors (Lipinski definition) is 5.